The Morgan fingerprint density at radius 2 is 1.91 bits per heavy atom. The highest BCUT2D eigenvalue weighted by molar-refractivity contribution is 7.19. The summed E-state index contributed by atoms with van der Waals surface area (Å²) in [5, 5.41) is 3.78. The van der Waals surface area contributed by atoms with Crippen molar-refractivity contribution in [3.8, 4) is 11.3 Å². The molecule has 0 aliphatic heterocycles. The van der Waals surface area contributed by atoms with Gasteiger partial charge in [0.05, 0.1) is 17.9 Å². The van der Waals surface area contributed by atoms with Crippen molar-refractivity contribution in [3.05, 3.63) is 88.4 Å². The first-order chi connectivity index (χ1) is 15.8. The molecule has 0 aliphatic carbocycles. The summed E-state index contributed by atoms with van der Waals surface area (Å²) in [4.78, 5) is 17.8. The van der Waals surface area contributed by atoms with E-state index in [4.69, 9.17) is 4.74 Å². The van der Waals surface area contributed by atoms with Crippen molar-refractivity contribution in [1.29, 1.82) is 0 Å². The number of hydrogen-bond acceptors (Lipinski definition) is 4. The second kappa shape index (κ2) is 9.72. The summed E-state index contributed by atoms with van der Waals surface area (Å²) in [6.45, 7) is 0.833. The van der Waals surface area contributed by atoms with Crippen molar-refractivity contribution in [2.24, 2.45) is 0 Å². The topological polar surface area (TPSA) is 51.2 Å². The summed E-state index contributed by atoms with van der Waals surface area (Å²) >= 11 is 1.52. The molecule has 8 heteroatoms. The van der Waals surface area contributed by atoms with Gasteiger partial charge in [-0.25, -0.2) is 0 Å². The Kier molecular flexibility index (Phi) is 6.76. The van der Waals surface area contributed by atoms with Crippen molar-refractivity contribution in [1.82, 2.24) is 10.3 Å². The molecule has 0 radical (unpaired) electrons. The Bertz CT molecular complexity index is 1280. The number of carbonyl (C=O) groups is 1. The van der Waals surface area contributed by atoms with E-state index < -0.39 is 11.7 Å². The molecule has 4 nitrogen and oxygen atoms in total. The number of pyridine rings is 1. The third-order valence-electron chi connectivity index (χ3n) is 5.12. The van der Waals surface area contributed by atoms with E-state index in [9.17, 15) is 18.0 Å². The van der Waals surface area contributed by atoms with Crippen molar-refractivity contribution in [3.63, 3.8) is 0 Å². The highest BCUT2D eigenvalue weighted by Crippen LogP contribution is 2.36. The number of benzene rings is 2. The molecule has 0 bridgehead atoms. The first-order valence-electron chi connectivity index (χ1n) is 10.3. The van der Waals surface area contributed by atoms with Crippen LogP contribution in [0.15, 0.2) is 66.9 Å². The highest BCUT2D eigenvalue weighted by atomic mass is 32.1. The molecular formula is C25H21F3N2O2S. The minimum Gasteiger partial charge on any atom is -0.383 e. The number of carbonyl (C=O) groups excluding carboxylic acids is 1. The van der Waals surface area contributed by atoms with Gasteiger partial charge in [-0.05, 0) is 35.2 Å². The average Bonchev–Trinajstić information content (AvgIpc) is 3.21. The lowest BCUT2D eigenvalue weighted by Gasteiger charge is -2.08. The fourth-order valence-electron chi connectivity index (χ4n) is 3.55. The van der Waals surface area contributed by atoms with Crippen molar-refractivity contribution >= 4 is 27.3 Å². The van der Waals surface area contributed by atoms with E-state index in [1.807, 2.05) is 24.3 Å². The van der Waals surface area contributed by atoms with Gasteiger partial charge < -0.3 is 10.1 Å². The number of hydrogen-bond donors (Lipinski definition) is 1. The Hall–Kier alpha value is -3.23. The Morgan fingerprint density at radius 3 is 2.70 bits per heavy atom. The van der Waals surface area contributed by atoms with Gasteiger partial charge in [0.2, 0.25) is 0 Å². The van der Waals surface area contributed by atoms with Crippen molar-refractivity contribution < 1.29 is 22.7 Å². The Labute approximate surface area is 193 Å². The molecule has 0 saturated carbocycles. The number of halogens is 3. The molecule has 0 unspecified atom stereocenters. The fraction of sp³-hybridized carbons (Fsp3) is 0.200. The number of amides is 1. The molecule has 4 aromatic rings. The lowest BCUT2D eigenvalue weighted by molar-refractivity contribution is -0.137. The van der Waals surface area contributed by atoms with E-state index in [0.29, 0.717) is 36.4 Å². The smallest absolute Gasteiger partial charge is 0.383 e. The quantitative estimate of drug-likeness (QED) is 0.340. The molecule has 33 heavy (non-hydrogen) atoms. The lowest BCUT2D eigenvalue weighted by Crippen LogP contribution is -2.26. The number of rotatable bonds is 7. The second-order valence-corrected chi connectivity index (χ2v) is 8.63. The van der Waals surface area contributed by atoms with Crippen LogP contribution in [0.4, 0.5) is 13.2 Å². The van der Waals surface area contributed by atoms with Crippen LogP contribution in [0.1, 0.15) is 26.4 Å². The molecule has 2 aromatic heterocycles. The summed E-state index contributed by atoms with van der Waals surface area (Å²) < 4.78 is 45.1. The van der Waals surface area contributed by atoms with E-state index in [1.54, 1.807) is 31.5 Å². The molecule has 1 amide bonds. The van der Waals surface area contributed by atoms with Gasteiger partial charge in [0, 0.05) is 47.0 Å². The van der Waals surface area contributed by atoms with Crippen LogP contribution in [0.5, 0.6) is 0 Å². The molecule has 2 heterocycles. The zero-order chi connectivity index (χ0) is 23.4. The number of alkyl halides is 3. The predicted molar refractivity (Wildman–Crippen MR) is 124 cm³/mol. The number of methoxy groups -OCH3 is 1. The van der Waals surface area contributed by atoms with E-state index in [-0.39, 0.29) is 5.91 Å². The van der Waals surface area contributed by atoms with E-state index in [1.165, 1.54) is 23.5 Å². The van der Waals surface area contributed by atoms with Crippen LogP contribution < -0.4 is 5.32 Å². The molecule has 0 fully saturated rings. The predicted octanol–water partition coefficient (Wildman–Crippen LogP) is 5.95. The summed E-state index contributed by atoms with van der Waals surface area (Å²) in [6.07, 6.45) is -2.37. The van der Waals surface area contributed by atoms with Gasteiger partial charge in [-0.15, -0.1) is 11.3 Å². The van der Waals surface area contributed by atoms with Crippen LogP contribution in [-0.2, 0) is 17.3 Å². The van der Waals surface area contributed by atoms with E-state index >= 15 is 0 Å². The van der Waals surface area contributed by atoms with Crippen molar-refractivity contribution in [2.45, 2.75) is 12.6 Å². The number of nitrogens with one attached hydrogen (secondary N) is 1. The highest BCUT2D eigenvalue weighted by Gasteiger charge is 2.30. The SMILES string of the molecule is COCCNC(=O)c1ccnc(-c2cccc3cc(Cc4cccc(C(F)(F)F)c4)sc23)c1. The number of ether oxygens (including phenoxy) is 1. The number of fused-ring (bicyclic) bond motifs is 1. The van der Waals surface area contributed by atoms with E-state index in [0.717, 1.165) is 26.6 Å². The molecule has 2 aromatic carbocycles. The number of nitrogens with zero attached hydrogens (tertiary/aromatic N) is 1. The first-order valence-corrected chi connectivity index (χ1v) is 11.1. The van der Waals surface area contributed by atoms with Crippen LogP contribution in [0.3, 0.4) is 0 Å². The second-order valence-electron chi connectivity index (χ2n) is 7.49. The maximum Gasteiger partial charge on any atom is 0.416 e. The molecule has 0 aliphatic rings. The summed E-state index contributed by atoms with van der Waals surface area (Å²) in [6, 6.07) is 16.6. The Balaban J connectivity index is 1.63. The third kappa shape index (κ3) is 5.40. The average molecular weight is 471 g/mol. The standard InChI is InChI=1S/C25H21F3N2O2S/c1-32-11-10-30-24(31)18-8-9-29-22(15-18)21-7-3-5-17-14-20(33-23(17)21)13-16-4-2-6-19(12-16)25(26,27)28/h2-9,12,14-15H,10-11,13H2,1H3,(H,30,31). The number of thiophene rings is 1. The normalized spacial score (nSPS) is 11.6. The Morgan fingerprint density at radius 1 is 1.09 bits per heavy atom. The molecule has 0 atom stereocenters. The largest absolute Gasteiger partial charge is 0.416 e. The van der Waals surface area contributed by atoms with Crippen LogP contribution in [0, 0.1) is 0 Å². The van der Waals surface area contributed by atoms with Crippen LogP contribution in [0.2, 0.25) is 0 Å². The van der Waals surface area contributed by atoms with Gasteiger partial charge in [-0.1, -0.05) is 36.4 Å². The maximum absolute atomic E-state index is 13.1. The maximum atomic E-state index is 13.1. The van der Waals surface area contributed by atoms with E-state index in [2.05, 4.69) is 10.3 Å². The molecule has 170 valence electrons. The molecule has 0 spiro atoms. The molecule has 1 N–H and O–H groups in total. The zero-order valence-corrected chi connectivity index (χ0v) is 18.6. The van der Waals surface area contributed by atoms with Gasteiger partial charge in [0.25, 0.3) is 5.91 Å². The number of aromatic nitrogens is 1. The van der Waals surface area contributed by atoms with Crippen LogP contribution in [-0.4, -0.2) is 31.2 Å². The molecule has 4 rings (SSSR count). The van der Waals surface area contributed by atoms with Gasteiger partial charge >= 0.3 is 6.18 Å². The minimum atomic E-state index is -4.37. The third-order valence-corrected chi connectivity index (χ3v) is 6.30. The van der Waals surface area contributed by atoms with Gasteiger partial charge in [-0.2, -0.15) is 13.2 Å². The van der Waals surface area contributed by atoms with Crippen LogP contribution in [0.25, 0.3) is 21.3 Å². The van der Waals surface area contributed by atoms with Gasteiger partial charge in [0.1, 0.15) is 0 Å². The van der Waals surface area contributed by atoms with Gasteiger partial charge in [-0.3, -0.25) is 9.78 Å². The van der Waals surface area contributed by atoms with Gasteiger partial charge in [0.15, 0.2) is 0 Å². The molecule has 0 saturated heterocycles. The first kappa shape index (κ1) is 22.9. The zero-order valence-electron chi connectivity index (χ0n) is 17.8. The summed E-state index contributed by atoms with van der Waals surface area (Å²) in [5.41, 5.74) is 1.98. The molecular weight excluding hydrogens is 449 g/mol. The lowest BCUT2D eigenvalue weighted by atomic mass is 10.1. The summed E-state index contributed by atoms with van der Waals surface area (Å²) in [7, 11) is 1.57. The summed E-state index contributed by atoms with van der Waals surface area (Å²) in [5.74, 6) is -0.209. The monoisotopic (exact) mass is 470 g/mol. The van der Waals surface area contributed by atoms with Crippen molar-refractivity contribution in [2.75, 3.05) is 20.3 Å². The van der Waals surface area contributed by atoms with Crippen LogP contribution >= 0.6 is 11.3 Å². The fourth-order valence-corrected chi connectivity index (χ4v) is 4.77. The minimum absolute atomic E-state index is 0.209.